The lowest BCUT2D eigenvalue weighted by Gasteiger charge is -2.17. The van der Waals surface area contributed by atoms with Crippen LogP contribution >= 0.6 is 0 Å². The predicted octanol–water partition coefficient (Wildman–Crippen LogP) is 0.945. The van der Waals surface area contributed by atoms with Crippen molar-refractivity contribution >= 4 is 11.9 Å². The van der Waals surface area contributed by atoms with Crippen LogP contribution in [0.5, 0.6) is 0 Å². The summed E-state index contributed by atoms with van der Waals surface area (Å²) in [6.07, 6.45) is 5.38. The van der Waals surface area contributed by atoms with Crippen LogP contribution in [0.3, 0.4) is 0 Å². The fourth-order valence-electron chi connectivity index (χ4n) is 2.85. The van der Waals surface area contributed by atoms with Crippen LogP contribution in [-0.4, -0.2) is 57.7 Å². The molecule has 8 nitrogen and oxygen atoms in total. The van der Waals surface area contributed by atoms with E-state index in [2.05, 4.69) is 25.7 Å². The number of nitrogens with one attached hydrogen (secondary N) is 2. The maximum Gasteiger partial charge on any atom is 0.241 e. The number of likely N-dealkylation sites (tertiary alicyclic amines) is 1. The highest BCUT2D eigenvalue weighted by Gasteiger charge is 2.17. The summed E-state index contributed by atoms with van der Waals surface area (Å²) in [4.78, 5) is 22.6. The first-order valence-electron chi connectivity index (χ1n) is 9.00. The Labute approximate surface area is 153 Å². The van der Waals surface area contributed by atoms with E-state index >= 15 is 0 Å². The van der Waals surface area contributed by atoms with Gasteiger partial charge in [-0.1, -0.05) is 12.1 Å². The molecule has 1 aliphatic rings. The lowest BCUT2D eigenvalue weighted by Crippen LogP contribution is -2.44. The number of carbonyl (C=O) groups is 1. The Morgan fingerprint density at radius 3 is 2.62 bits per heavy atom. The summed E-state index contributed by atoms with van der Waals surface area (Å²) < 4.78 is 1.71. The molecule has 8 heteroatoms. The number of benzene rings is 1. The fraction of sp³-hybridized carbons (Fsp3) is 0.444. The van der Waals surface area contributed by atoms with Gasteiger partial charge < -0.3 is 15.5 Å². The molecule has 2 aromatic rings. The Bertz CT molecular complexity index is 719. The van der Waals surface area contributed by atoms with Gasteiger partial charge in [0.05, 0.1) is 18.8 Å². The third-order valence-corrected chi connectivity index (χ3v) is 4.25. The molecule has 1 aliphatic heterocycles. The first-order valence-corrected chi connectivity index (χ1v) is 9.00. The second-order valence-electron chi connectivity index (χ2n) is 6.14. The van der Waals surface area contributed by atoms with Crippen molar-refractivity contribution in [1.82, 2.24) is 30.3 Å². The molecule has 0 atom stereocenters. The molecule has 1 aromatic heterocycles. The summed E-state index contributed by atoms with van der Waals surface area (Å²) in [6.45, 7) is 5.29. The summed E-state index contributed by atoms with van der Waals surface area (Å²) in [5.74, 6) is 0.783. The number of amides is 1. The first kappa shape index (κ1) is 17.9. The number of guanidine groups is 1. The Morgan fingerprint density at radius 1 is 1.19 bits per heavy atom. The number of hydrogen-bond donors (Lipinski definition) is 2. The number of hydrogen-bond acceptors (Lipinski definition) is 4. The number of nitrogens with zero attached hydrogens (tertiary/aromatic N) is 5. The van der Waals surface area contributed by atoms with E-state index in [1.165, 1.54) is 6.33 Å². The Balaban J connectivity index is 1.55. The van der Waals surface area contributed by atoms with Crippen LogP contribution in [0, 0.1) is 0 Å². The third kappa shape index (κ3) is 4.81. The molecule has 1 amide bonds. The van der Waals surface area contributed by atoms with Crippen molar-refractivity contribution in [3.63, 3.8) is 0 Å². The highest BCUT2D eigenvalue weighted by atomic mass is 16.2. The van der Waals surface area contributed by atoms with E-state index in [0.717, 1.165) is 43.7 Å². The predicted molar refractivity (Wildman–Crippen MR) is 100.0 cm³/mol. The van der Waals surface area contributed by atoms with E-state index in [-0.39, 0.29) is 12.5 Å². The quantitative estimate of drug-likeness (QED) is 0.595. The lowest BCUT2D eigenvalue weighted by atomic mass is 10.2. The van der Waals surface area contributed by atoms with Crippen LogP contribution in [0.2, 0.25) is 0 Å². The molecule has 0 spiro atoms. The molecule has 0 unspecified atom stereocenters. The monoisotopic (exact) mass is 355 g/mol. The average molecular weight is 355 g/mol. The standard InChI is InChI=1S/C18H25N7O/c1-2-20-18(22-12-17(26)24-9-3-4-10-24)21-11-15-5-7-16(8-6-15)25-14-19-13-23-25/h5-8,13-14H,2-4,9-12H2,1H3,(H2,20,21,22). The molecule has 1 aromatic carbocycles. The molecule has 0 aliphatic carbocycles. The second kappa shape index (κ2) is 8.98. The molecule has 1 fully saturated rings. The molecule has 0 bridgehead atoms. The largest absolute Gasteiger partial charge is 0.357 e. The number of rotatable bonds is 6. The van der Waals surface area contributed by atoms with Gasteiger partial charge in [-0.25, -0.2) is 14.7 Å². The lowest BCUT2D eigenvalue weighted by molar-refractivity contribution is -0.128. The van der Waals surface area contributed by atoms with E-state index in [0.29, 0.717) is 12.5 Å². The number of carbonyl (C=O) groups excluding carboxylic acids is 1. The van der Waals surface area contributed by atoms with Gasteiger partial charge in [-0.3, -0.25) is 4.79 Å². The van der Waals surface area contributed by atoms with Gasteiger partial charge in [-0.2, -0.15) is 5.10 Å². The molecular formula is C18H25N7O. The van der Waals surface area contributed by atoms with Gasteiger partial charge in [0, 0.05) is 19.6 Å². The molecule has 26 heavy (non-hydrogen) atoms. The van der Waals surface area contributed by atoms with Gasteiger partial charge in [0.1, 0.15) is 12.7 Å². The van der Waals surface area contributed by atoms with E-state index in [4.69, 9.17) is 0 Å². The molecule has 1 saturated heterocycles. The van der Waals surface area contributed by atoms with E-state index in [1.54, 1.807) is 11.0 Å². The molecule has 2 heterocycles. The highest BCUT2D eigenvalue weighted by molar-refractivity contribution is 5.86. The second-order valence-corrected chi connectivity index (χ2v) is 6.14. The highest BCUT2D eigenvalue weighted by Crippen LogP contribution is 2.09. The fourth-order valence-corrected chi connectivity index (χ4v) is 2.85. The van der Waals surface area contributed by atoms with Gasteiger partial charge in [0.2, 0.25) is 5.91 Å². The molecule has 0 radical (unpaired) electrons. The maximum absolute atomic E-state index is 12.1. The molecule has 138 valence electrons. The van der Waals surface area contributed by atoms with Gasteiger partial charge in [0.15, 0.2) is 5.96 Å². The average Bonchev–Trinajstić information content (AvgIpc) is 3.38. The van der Waals surface area contributed by atoms with Crippen molar-refractivity contribution in [2.75, 3.05) is 26.2 Å². The van der Waals surface area contributed by atoms with Crippen molar-refractivity contribution < 1.29 is 4.79 Å². The van der Waals surface area contributed by atoms with Gasteiger partial charge in [-0.05, 0) is 37.5 Å². The van der Waals surface area contributed by atoms with Gasteiger partial charge in [0.25, 0.3) is 0 Å². The van der Waals surface area contributed by atoms with E-state index < -0.39 is 0 Å². The number of aromatic nitrogens is 3. The summed E-state index contributed by atoms with van der Waals surface area (Å²) in [7, 11) is 0. The molecular weight excluding hydrogens is 330 g/mol. The zero-order valence-corrected chi connectivity index (χ0v) is 15.1. The number of aliphatic imine (C=N–C) groups is 1. The minimum absolute atomic E-state index is 0.130. The van der Waals surface area contributed by atoms with Crippen molar-refractivity contribution in [1.29, 1.82) is 0 Å². The maximum atomic E-state index is 12.1. The normalized spacial score (nSPS) is 14.5. The van der Waals surface area contributed by atoms with Crippen LogP contribution < -0.4 is 10.6 Å². The van der Waals surface area contributed by atoms with Crippen molar-refractivity contribution in [2.24, 2.45) is 4.99 Å². The Hall–Kier alpha value is -2.90. The van der Waals surface area contributed by atoms with Crippen LogP contribution in [-0.2, 0) is 11.3 Å². The smallest absolute Gasteiger partial charge is 0.241 e. The van der Waals surface area contributed by atoms with Crippen molar-refractivity contribution in [3.05, 3.63) is 42.5 Å². The van der Waals surface area contributed by atoms with Gasteiger partial charge in [-0.15, -0.1) is 0 Å². The Morgan fingerprint density at radius 2 is 1.96 bits per heavy atom. The third-order valence-electron chi connectivity index (χ3n) is 4.25. The topological polar surface area (TPSA) is 87.4 Å². The minimum Gasteiger partial charge on any atom is -0.357 e. The van der Waals surface area contributed by atoms with E-state index in [1.807, 2.05) is 36.1 Å². The first-order chi connectivity index (χ1) is 12.8. The van der Waals surface area contributed by atoms with Gasteiger partial charge >= 0.3 is 0 Å². The van der Waals surface area contributed by atoms with Crippen LogP contribution in [0.15, 0.2) is 41.9 Å². The molecule has 2 N–H and O–H groups in total. The summed E-state index contributed by atoms with van der Waals surface area (Å²) in [5, 5.41) is 10.4. The summed E-state index contributed by atoms with van der Waals surface area (Å²) in [5.41, 5.74) is 2.04. The summed E-state index contributed by atoms with van der Waals surface area (Å²) in [6, 6.07) is 7.99. The molecule has 3 rings (SSSR count). The zero-order valence-electron chi connectivity index (χ0n) is 15.1. The van der Waals surface area contributed by atoms with Crippen LogP contribution in [0.25, 0.3) is 5.69 Å². The molecule has 0 saturated carbocycles. The minimum atomic E-state index is 0.130. The van der Waals surface area contributed by atoms with Crippen molar-refractivity contribution in [3.8, 4) is 5.69 Å². The van der Waals surface area contributed by atoms with E-state index in [9.17, 15) is 4.79 Å². The van der Waals surface area contributed by atoms with Crippen LogP contribution in [0.1, 0.15) is 25.3 Å². The van der Waals surface area contributed by atoms with Crippen molar-refractivity contribution in [2.45, 2.75) is 26.3 Å². The SMILES string of the molecule is CCNC(=NCc1ccc(-n2cncn2)cc1)NCC(=O)N1CCCC1. The summed E-state index contributed by atoms with van der Waals surface area (Å²) >= 11 is 0. The van der Waals surface area contributed by atoms with Crippen LogP contribution in [0.4, 0.5) is 0 Å². The Kier molecular flexibility index (Phi) is 6.19. The zero-order chi connectivity index (χ0) is 18.2.